The van der Waals surface area contributed by atoms with E-state index in [1.54, 1.807) is 0 Å². The summed E-state index contributed by atoms with van der Waals surface area (Å²) in [6, 6.07) is 0. The smallest absolute Gasteiger partial charge is 0.229 e. The van der Waals surface area contributed by atoms with Crippen molar-refractivity contribution in [1.82, 2.24) is 4.90 Å². The van der Waals surface area contributed by atoms with Crippen LogP contribution < -0.4 is 0 Å². The first-order valence-electron chi connectivity index (χ1n) is 11.5. The molecule has 0 aromatic heterocycles. The maximum absolute atomic E-state index is 11.5. The molecule has 3 heteroatoms. The van der Waals surface area contributed by atoms with Crippen molar-refractivity contribution in [2.45, 2.75) is 123 Å². The molecule has 0 spiro atoms. The van der Waals surface area contributed by atoms with Gasteiger partial charge in [-0.3, -0.25) is 14.5 Å². The topological polar surface area (TPSA) is 37.4 Å². The van der Waals surface area contributed by atoms with Crippen LogP contribution in [-0.2, 0) is 9.59 Å². The Labute approximate surface area is 162 Å². The zero-order chi connectivity index (χ0) is 19.0. The van der Waals surface area contributed by atoms with Crippen LogP contribution >= 0.6 is 0 Å². The summed E-state index contributed by atoms with van der Waals surface area (Å²) in [6.07, 6.45) is 20.9. The molecule has 1 aliphatic rings. The fourth-order valence-corrected chi connectivity index (χ4v) is 4.05. The van der Waals surface area contributed by atoms with Crippen molar-refractivity contribution in [2.75, 3.05) is 6.54 Å². The molecule has 0 aromatic rings. The minimum absolute atomic E-state index is 0.0331. The maximum Gasteiger partial charge on any atom is 0.229 e. The summed E-state index contributed by atoms with van der Waals surface area (Å²) in [6.45, 7) is 5.29. The number of nitrogens with zero attached hydrogens (tertiary/aromatic N) is 1. The van der Waals surface area contributed by atoms with Crippen molar-refractivity contribution in [1.29, 1.82) is 0 Å². The molecular formula is C23H43NO2. The highest BCUT2D eigenvalue weighted by atomic mass is 16.2. The second-order valence-corrected chi connectivity index (χ2v) is 8.18. The first kappa shape index (κ1) is 23.2. The van der Waals surface area contributed by atoms with Crippen molar-refractivity contribution in [3.05, 3.63) is 0 Å². The lowest BCUT2D eigenvalue weighted by Gasteiger charge is -2.14. The minimum Gasteiger partial charge on any atom is -0.283 e. The van der Waals surface area contributed by atoms with Gasteiger partial charge in [-0.25, -0.2) is 0 Å². The van der Waals surface area contributed by atoms with Crippen LogP contribution in [0.2, 0.25) is 0 Å². The molecule has 0 bridgehead atoms. The number of carbonyl (C=O) groups excluding carboxylic acids is 2. The quantitative estimate of drug-likeness (QED) is 0.214. The van der Waals surface area contributed by atoms with Gasteiger partial charge in [0, 0.05) is 19.4 Å². The van der Waals surface area contributed by atoms with Gasteiger partial charge in [-0.05, 0) is 12.3 Å². The van der Waals surface area contributed by atoms with Crippen LogP contribution in [0.15, 0.2) is 0 Å². The van der Waals surface area contributed by atoms with Gasteiger partial charge in [-0.1, -0.05) is 104 Å². The van der Waals surface area contributed by atoms with E-state index in [1.165, 1.54) is 88.4 Å². The third kappa shape index (κ3) is 10.3. The van der Waals surface area contributed by atoms with E-state index in [0.29, 0.717) is 19.4 Å². The maximum atomic E-state index is 11.5. The number of amides is 2. The number of rotatable bonds is 17. The predicted octanol–water partition coefficient (Wildman–Crippen LogP) is 6.64. The lowest BCUT2D eigenvalue weighted by Crippen LogP contribution is -2.29. The van der Waals surface area contributed by atoms with E-state index in [4.69, 9.17) is 0 Å². The van der Waals surface area contributed by atoms with Crippen LogP contribution in [0.3, 0.4) is 0 Å². The van der Waals surface area contributed by atoms with Crippen LogP contribution in [0.4, 0.5) is 0 Å². The summed E-state index contributed by atoms with van der Waals surface area (Å²) < 4.78 is 0. The Morgan fingerprint density at radius 3 is 1.65 bits per heavy atom. The van der Waals surface area contributed by atoms with Crippen molar-refractivity contribution in [3.8, 4) is 0 Å². The Bertz CT molecular complexity index is 364. The number of unbranched alkanes of at least 4 members (excludes halogenated alkanes) is 10. The van der Waals surface area contributed by atoms with E-state index in [9.17, 15) is 9.59 Å². The van der Waals surface area contributed by atoms with Gasteiger partial charge in [0.15, 0.2) is 0 Å². The molecule has 1 unspecified atom stereocenters. The predicted molar refractivity (Wildman–Crippen MR) is 110 cm³/mol. The van der Waals surface area contributed by atoms with E-state index in [-0.39, 0.29) is 11.8 Å². The summed E-state index contributed by atoms with van der Waals surface area (Å²) in [5.74, 6) is 1.03. The number of likely N-dealkylation sites (tertiary alicyclic amines) is 1. The molecule has 2 amide bonds. The first-order chi connectivity index (χ1) is 12.7. The van der Waals surface area contributed by atoms with Gasteiger partial charge >= 0.3 is 0 Å². The lowest BCUT2D eigenvalue weighted by atomic mass is 9.92. The van der Waals surface area contributed by atoms with Crippen molar-refractivity contribution < 1.29 is 9.59 Å². The highest BCUT2D eigenvalue weighted by Gasteiger charge is 2.27. The molecule has 152 valence electrons. The van der Waals surface area contributed by atoms with Crippen LogP contribution in [0.25, 0.3) is 0 Å². The Kier molecular flexibility index (Phi) is 13.6. The molecule has 0 saturated carbocycles. The van der Waals surface area contributed by atoms with E-state index in [0.717, 1.165) is 18.8 Å². The number of carbonyl (C=O) groups is 2. The summed E-state index contributed by atoms with van der Waals surface area (Å²) >= 11 is 0. The lowest BCUT2D eigenvalue weighted by molar-refractivity contribution is -0.138. The Balaban J connectivity index is 1.86. The third-order valence-corrected chi connectivity index (χ3v) is 5.94. The van der Waals surface area contributed by atoms with Crippen molar-refractivity contribution in [3.63, 3.8) is 0 Å². The number of hydrogen-bond donors (Lipinski definition) is 0. The Morgan fingerprint density at radius 1 is 0.692 bits per heavy atom. The van der Waals surface area contributed by atoms with Gasteiger partial charge in [-0.15, -0.1) is 0 Å². The zero-order valence-corrected chi connectivity index (χ0v) is 17.6. The second-order valence-electron chi connectivity index (χ2n) is 8.18. The highest BCUT2D eigenvalue weighted by molar-refractivity contribution is 6.01. The fourth-order valence-electron chi connectivity index (χ4n) is 4.05. The molecule has 0 radical (unpaired) electrons. The fraction of sp³-hybridized carbons (Fsp3) is 0.913. The number of hydrogen-bond acceptors (Lipinski definition) is 2. The molecular weight excluding hydrogens is 322 g/mol. The highest BCUT2D eigenvalue weighted by Crippen LogP contribution is 2.21. The summed E-state index contributed by atoms with van der Waals surface area (Å²) in [4.78, 5) is 24.5. The average Bonchev–Trinajstić information content (AvgIpc) is 2.96. The minimum atomic E-state index is 0.0331. The molecule has 26 heavy (non-hydrogen) atoms. The number of imide groups is 1. The molecule has 1 rings (SSSR count). The van der Waals surface area contributed by atoms with Gasteiger partial charge in [-0.2, -0.15) is 0 Å². The Hall–Kier alpha value is -0.860. The van der Waals surface area contributed by atoms with Crippen LogP contribution in [-0.4, -0.2) is 23.3 Å². The summed E-state index contributed by atoms with van der Waals surface area (Å²) in [5.41, 5.74) is 0. The molecule has 0 N–H and O–H groups in total. The Morgan fingerprint density at radius 2 is 1.15 bits per heavy atom. The van der Waals surface area contributed by atoms with E-state index in [1.807, 2.05) is 0 Å². The molecule has 1 atom stereocenters. The van der Waals surface area contributed by atoms with Gasteiger partial charge in [0.25, 0.3) is 0 Å². The largest absolute Gasteiger partial charge is 0.283 e. The van der Waals surface area contributed by atoms with Gasteiger partial charge in [0.2, 0.25) is 11.8 Å². The first-order valence-corrected chi connectivity index (χ1v) is 11.5. The van der Waals surface area contributed by atoms with Crippen LogP contribution in [0.1, 0.15) is 123 Å². The average molecular weight is 366 g/mol. The SMILES string of the molecule is CCCCCCC(CC)CCCCCCCCCCN1C(=O)CCC1=O. The standard InChI is InChI=1S/C23H43NO2/c1-3-5-6-13-16-21(4-2)17-14-11-9-7-8-10-12-15-20-24-22(25)18-19-23(24)26/h21H,3-20H2,1-2H3. The summed E-state index contributed by atoms with van der Waals surface area (Å²) in [5, 5.41) is 0. The van der Waals surface area contributed by atoms with Crippen LogP contribution in [0.5, 0.6) is 0 Å². The zero-order valence-electron chi connectivity index (χ0n) is 17.6. The van der Waals surface area contributed by atoms with Gasteiger partial charge in [0.05, 0.1) is 0 Å². The molecule has 3 nitrogen and oxygen atoms in total. The van der Waals surface area contributed by atoms with E-state index >= 15 is 0 Å². The molecule has 1 saturated heterocycles. The van der Waals surface area contributed by atoms with E-state index < -0.39 is 0 Å². The molecule has 0 aromatic carbocycles. The van der Waals surface area contributed by atoms with E-state index in [2.05, 4.69) is 13.8 Å². The van der Waals surface area contributed by atoms with Gasteiger partial charge in [0.1, 0.15) is 0 Å². The summed E-state index contributed by atoms with van der Waals surface area (Å²) in [7, 11) is 0. The molecule has 1 aliphatic heterocycles. The molecule has 1 fully saturated rings. The molecule has 1 heterocycles. The third-order valence-electron chi connectivity index (χ3n) is 5.94. The van der Waals surface area contributed by atoms with Gasteiger partial charge < -0.3 is 0 Å². The van der Waals surface area contributed by atoms with Crippen molar-refractivity contribution in [2.24, 2.45) is 5.92 Å². The second kappa shape index (κ2) is 15.2. The van der Waals surface area contributed by atoms with Crippen molar-refractivity contribution >= 4 is 11.8 Å². The normalized spacial score (nSPS) is 15.8. The van der Waals surface area contributed by atoms with Crippen LogP contribution in [0, 0.1) is 5.92 Å². The monoisotopic (exact) mass is 365 g/mol. The molecule has 0 aliphatic carbocycles.